The molecule has 0 saturated heterocycles. The topological polar surface area (TPSA) is 39.2 Å². The lowest BCUT2D eigenvalue weighted by Gasteiger charge is -2.31. The normalized spacial score (nSPS) is 24.9. The first-order valence-electron chi connectivity index (χ1n) is 7.93. The van der Waals surface area contributed by atoms with Crippen LogP contribution in [0.5, 0.6) is 0 Å². The van der Waals surface area contributed by atoms with E-state index < -0.39 is 0 Å². The maximum absolute atomic E-state index is 6.49. The Morgan fingerprint density at radius 2 is 2.15 bits per heavy atom. The van der Waals surface area contributed by atoms with Gasteiger partial charge in [0.1, 0.15) is 11.3 Å². The molecular formula is C18H25NO. The Kier molecular flexibility index (Phi) is 3.84. The van der Waals surface area contributed by atoms with Gasteiger partial charge in [0.15, 0.2) is 0 Å². The molecule has 1 aliphatic carbocycles. The number of hydrogen-bond acceptors (Lipinski definition) is 2. The SMILES string of the molecule is CCC1CCCC(C(N)c2cc3cc(C)ccc3o2)C1. The molecule has 1 aromatic carbocycles. The van der Waals surface area contributed by atoms with E-state index in [4.69, 9.17) is 10.2 Å². The molecule has 2 aromatic rings. The highest BCUT2D eigenvalue weighted by molar-refractivity contribution is 5.78. The molecule has 0 radical (unpaired) electrons. The molecule has 2 N–H and O–H groups in total. The fraction of sp³-hybridized carbons (Fsp3) is 0.556. The minimum atomic E-state index is 0.0528. The van der Waals surface area contributed by atoms with Crippen molar-refractivity contribution in [1.29, 1.82) is 0 Å². The third-order valence-electron chi connectivity index (χ3n) is 4.93. The van der Waals surface area contributed by atoms with Gasteiger partial charge in [-0.05, 0) is 49.8 Å². The maximum Gasteiger partial charge on any atom is 0.134 e. The molecule has 1 saturated carbocycles. The molecule has 1 aromatic heterocycles. The lowest BCUT2D eigenvalue weighted by atomic mass is 9.76. The molecule has 1 heterocycles. The second-order valence-corrected chi connectivity index (χ2v) is 6.42. The molecular weight excluding hydrogens is 246 g/mol. The van der Waals surface area contributed by atoms with Gasteiger partial charge >= 0.3 is 0 Å². The molecule has 0 amide bonds. The Morgan fingerprint density at radius 3 is 2.95 bits per heavy atom. The van der Waals surface area contributed by atoms with Crippen molar-refractivity contribution in [2.75, 3.05) is 0 Å². The predicted octanol–water partition coefficient (Wildman–Crippen LogP) is 4.96. The lowest BCUT2D eigenvalue weighted by Crippen LogP contribution is -2.26. The largest absolute Gasteiger partial charge is 0.459 e. The van der Waals surface area contributed by atoms with E-state index in [-0.39, 0.29) is 6.04 Å². The zero-order valence-electron chi connectivity index (χ0n) is 12.6. The fourth-order valence-electron chi connectivity index (χ4n) is 3.61. The summed E-state index contributed by atoms with van der Waals surface area (Å²) in [6, 6.07) is 8.51. The van der Waals surface area contributed by atoms with Crippen LogP contribution in [0.25, 0.3) is 11.0 Å². The van der Waals surface area contributed by atoms with Crippen molar-refractivity contribution in [3.05, 3.63) is 35.6 Å². The van der Waals surface area contributed by atoms with E-state index in [1.807, 2.05) is 0 Å². The summed E-state index contributed by atoms with van der Waals surface area (Å²) in [4.78, 5) is 0. The predicted molar refractivity (Wildman–Crippen MR) is 83.6 cm³/mol. The van der Waals surface area contributed by atoms with Crippen molar-refractivity contribution in [3.63, 3.8) is 0 Å². The Balaban J connectivity index is 1.82. The second kappa shape index (κ2) is 5.61. The van der Waals surface area contributed by atoms with E-state index in [2.05, 4.69) is 38.1 Å². The van der Waals surface area contributed by atoms with Gasteiger partial charge in [0, 0.05) is 5.39 Å². The molecule has 0 bridgehead atoms. The van der Waals surface area contributed by atoms with Crippen LogP contribution in [-0.2, 0) is 0 Å². The van der Waals surface area contributed by atoms with Gasteiger partial charge in [-0.15, -0.1) is 0 Å². The summed E-state index contributed by atoms with van der Waals surface area (Å²) >= 11 is 0. The molecule has 0 aliphatic heterocycles. The minimum absolute atomic E-state index is 0.0528. The number of hydrogen-bond donors (Lipinski definition) is 1. The molecule has 3 atom stereocenters. The van der Waals surface area contributed by atoms with Gasteiger partial charge in [-0.3, -0.25) is 0 Å². The van der Waals surface area contributed by atoms with Crippen LogP contribution >= 0.6 is 0 Å². The van der Waals surface area contributed by atoms with Crippen molar-refractivity contribution < 1.29 is 4.42 Å². The summed E-state index contributed by atoms with van der Waals surface area (Å²) in [6.07, 6.45) is 6.47. The second-order valence-electron chi connectivity index (χ2n) is 6.42. The average molecular weight is 271 g/mol. The first-order chi connectivity index (χ1) is 9.67. The highest BCUT2D eigenvalue weighted by Crippen LogP contribution is 2.38. The molecule has 2 nitrogen and oxygen atoms in total. The molecule has 1 aliphatic rings. The summed E-state index contributed by atoms with van der Waals surface area (Å²) < 4.78 is 5.98. The standard InChI is InChI=1S/C18H25NO/c1-3-13-5-4-6-14(10-13)18(19)17-11-15-9-12(2)7-8-16(15)20-17/h7-9,11,13-14,18H,3-6,10,19H2,1-2H3. The van der Waals surface area contributed by atoms with E-state index in [1.165, 1.54) is 43.1 Å². The van der Waals surface area contributed by atoms with E-state index >= 15 is 0 Å². The molecule has 2 heteroatoms. The van der Waals surface area contributed by atoms with Crippen molar-refractivity contribution in [2.45, 2.75) is 52.0 Å². The number of aryl methyl sites for hydroxylation is 1. The monoisotopic (exact) mass is 271 g/mol. The van der Waals surface area contributed by atoms with Crippen LogP contribution in [0.15, 0.2) is 28.7 Å². The van der Waals surface area contributed by atoms with Crippen LogP contribution < -0.4 is 5.73 Å². The van der Waals surface area contributed by atoms with Crippen molar-refractivity contribution in [2.24, 2.45) is 17.6 Å². The Labute approximate surface area is 121 Å². The van der Waals surface area contributed by atoms with Gasteiger partial charge in [-0.1, -0.05) is 37.8 Å². The summed E-state index contributed by atoms with van der Waals surface area (Å²) in [5, 5.41) is 1.18. The summed E-state index contributed by atoms with van der Waals surface area (Å²) in [5.41, 5.74) is 8.72. The number of nitrogens with two attached hydrogens (primary N) is 1. The van der Waals surface area contributed by atoms with Gasteiger partial charge in [-0.25, -0.2) is 0 Å². The van der Waals surface area contributed by atoms with Gasteiger partial charge < -0.3 is 10.2 Å². The number of rotatable bonds is 3. The summed E-state index contributed by atoms with van der Waals surface area (Å²) in [6.45, 7) is 4.40. The first kappa shape index (κ1) is 13.7. The smallest absolute Gasteiger partial charge is 0.134 e. The van der Waals surface area contributed by atoms with E-state index in [0.29, 0.717) is 5.92 Å². The van der Waals surface area contributed by atoms with Crippen LogP contribution in [0.3, 0.4) is 0 Å². The highest BCUT2D eigenvalue weighted by atomic mass is 16.3. The zero-order chi connectivity index (χ0) is 14.1. The first-order valence-corrected chi connectivity index (χ1v) is 7.93. The summed E-state index contributed by atoms with van der Waals surface area (Å²) in [5.74, 6) is 2.40. The molecule has 3 unspecified atom stereocenters. The number of benzene rings is 1. The average Bonchev–Trinajstić information content (AvgIpc) is 2.89. The van der Waals surface area contributed by atoms with Crippen LogP contribution in [0.1, 0.15) is 56.4 Å². The molecule has 1 fully saturated rings. The highest BCUT2D eigenvalue weighted by Gasteiger charge is 2.28. The maximum atomic E-state index is 6.49. The Hall–Kier alpha value is -1.28. The molecule has 0 spiro atoms. The molecule has 3 rings (SSSR count). The third kappa shape index (κ3) is 2.62. The van der Waals surface area contributed by atoms with Gasteiger partial charge in [0.2, 0.25) is 0 Å². The van der Waals surface area contributed by atoms with Crippen molar-refractivity contribution in [1.82, 2.24) is 0 Å². The molecule has 20 heavy (non-hydrogen) atoms. The lowest BCUT2D eigenvalue weighted by molar-refractivity contribution is 0.218. The Bertz CT molecular complexity index is 586. The van der Waals surface area contributed by atoms with Crippen LogP contribution in [0, 0.1) is 18.8 Å². The number of furan rings is 1. The van der Waals surface area contributed by atoms with Crippen molar-refractivity contribution in [3.8, 4) is 0 Å². The fourth-order valence-corrected chi connectivity index (χ4v) is 3.61. The van der Waals surface area contributed by atoms with Crippen LogP contribution in [0.4, 0.5) is 0 Å². The van der Waals surface area contributed by atoms with Crippen molar-refractivity contribution >= 4 is 11.0 Å². The van der Waals surface area contributed by atoms with E-state index in [0.717, 1.165) is 17.3 Å². The third-order valence-corrected chi connectivity index (χ3v) is 4.93. The van der Waals surface area contributed by atoms with Crippen LogP contribution in [0.2, 0.25) is 0 Å². The molecule has 108 valence electrons. The van der Waals surface area contributed by atoms with Crippen LogP contribution in [-0.4, -0.2) is 0 Å². The zero-order valence-corrected chi connectivity index (χ0v) is 12.6. The van der Waals surface area contributed by atoms with Gasteiger partial charge in [-0.2, -0.15) is 0 Å². The minimum Gasteiger partial charge on any atom is -0.459 e. The van der Waals surface area contributed by atoms with E-state index in [9.17, 15) is 0 Å². The van der Waals surface area contributed by atoms with Gasteiger partial charge in [0.05, 0.1) is 6.04 Å². The summed E-state index contributed by atoms with van der Waals surface area (Å²) in [7, 11) is 0. The van der Waals surface area contributed by atoms with Gasteiger partial charge in [0.25, 0.3) is 0 Å². The Morgan fingerprint density at radius 1 is 1.30 bits per heavy atom. The number of fused-ring (bicyclic) bond motifs is 1. The van der Waals surface area contributed by atoms with E-state index in [1.54, 1.807) is 0 Å². The quantitative estimate of drug-likeness (QED) is 0.857.